The molecule has 5 rings (SSSR count). The van der Waals surface area contributed by atoms with Crippen LogP contribution >= 0.6 is 0 Å². The van der Waals surface area contributed by atoms with Crippen molar-refractivity contribution in [2.24, 2.45) is 0 Å². The van der Waals surface area contributed by atoms with Crippen molar-refractivity contribution in [2.45, 2.75) is 49.3 Å². The number of likely N-dealkylation sites (N-methyl/N-ethyl adjacent to an activating group) is 1. The first kappa shape index (κ1) is 20.5. The SMILES string of the molecule is CN1C(=O)Cc2cc(S(=O)(=O)N[C@@H]3CCN(Cc4ccc(OC5CC5)cc4)C3)ccc21. The van der Waals surface area contributed by atoms with Crippen LogP contribution in [-0.2, 0) is 27.8 Å². The molecule has 1 N–H and O–H groups in total. The van der Waals surface area contributed by atoms with Gasteiger partial charge < -0.3 is 9.64 Å². The fraction of sp³-hybridized carbons (Fsp3) is 0.435. The van der Waals surface area contributed by atoms with Gasteiger partial charge in [-0.1, -0.05) is 12.1 Å². The van der Waals surface area contributed by atoms with Crippen LogP contribution in [0.25, 0.3) is 0 Å². The lowest BCUT2D eigenvalue weighted by Gasteiger charge is -2.17. The van der Waals surface area contributed by atoms with Gasteiger partial charge in [0.1, 0.15) is 5.75 Å². The third-order valence-electron chi connectivity index (χ3n) is 6.19. The molecule has 2 aromatic rings. The van der Waals surface area contributed by atoms with Gasteiger partial charge in [-0.2, -0.15) is 0 Å². The summed E-state index contributed by atoms with van der Waals surface area (Å²) in [4.78, 5) is 15.9. The highest BCUT2D eigenvalue weighted by molar-refractivity contribution is 7.89. The first-order chi connectivity index (χ1) is 14.9. The van der Waals surface area contributed by atoms with Crippen LogP contribution < -0.4 is 14.4 Å². The minimum Gasteiger partial charge on any atom is -0.490 e. The molecule has 0 aromatic heterocycles. The van der Waals surface area contributed by atoms with Crippen molar-refractivity contribution < 1.29 is 17.9 Å². The molecule has 1 atom stereocenters. The molecule has 0 radical (unpaired) electrons. The van der Waals surface area contributed by atoms with Crippen LogP contribution in [0.2, 0.25) is 0 Å². The summed E-state index contributed by atoms with van der Waals surface area (Å²) in [5.74, 6) is 0.900. The van der Waals surface area contributed by atoms with Crippen LogP contribution in [0.3, 0.4) is 0 Å². The van der Waals surface area contributed by atoms with Gasteiger partial charge in [0.05, 0.1) is 17.4 Å². The third kappa shape index (κ3) is 4.46. The van der Waals surface area contributed by atoms with E-state index in [-0.39, 0.29) is 23.3 Å². The van der Waals surface area contributed by atoms with E-state index >= 15 is 0 Å². The Bertz CT molecular complexity index is 1100. The predicted molar refractivity (Wildman–Crippen MR) is 118 cm³/mol. The first-order valence-electron chi connectivity index (χ1n) is 10.8. The average Bonchev–Trinajstić information content (AvgIpc) is 3.38. The van der Waals surface area contributed by atoms with Crippen LogP contribution in [0.5, 0.6) is 5.75 Å². The van der Waals surface area contributed by atoms with Crippen LogP contribution in [-0.4, -0.2) is 51.5 Å². The van der Waals surface area contributed by atoms with Gasteiger partial charge in [0.15, 0.2) is 0 Å². The molecule has 1 saturated carbocycles. The Balaban J connectivity index is 1.18. The van der Waals surface area contributed by atoms with Gasteiger partial charge in [-0.25, -0.2) is 13.1 Å². The molecular formula is C23H27N3O4S. The normalized spacial score (nSPS) is 21.5. The minimum absolute atomic E-state index is 0.0175. The van der Waals surface area contributed by atoms with Crippen LogP contribution in [0.4, 0.5) is 5.69 Å². The Morgan fingerprint density at radius 1 is 1.10 bits per heavy atom. The lowest BCUT2D eigenvalue weighted by molar-refractivity contribution is -0.117. The Kier molecular flexibility index (Phi) is 5.24. The van der Waals surface area contributed by atoms with E-state index in [0.717, 1.165) is 49.4 Å². The van der Waals surface area contributed by atoms with Crippen molar-refractivity contribution >= 4 is 21.6 Å². The summed E-state index contributed by atoms with van der Waals surface area (Å²) >= 11 is 0. The lowest BCUT2D eigenvalue weighted by atomic mass is 10.2. The maximum atomic E-state index is 12.9. The number of hydrogen-bond donors (Lipinski definition) is 1. The van der Waals surface area contributed by atoms with E-state index in [0.29, 0.717) is 12.6 Å². The van der Waals surface area contributed by atoms with Crippen molar-refractivity contribution in [3.63, 3.8) is 0 Å². The summed E-state index contributed by atoms with van der Waals surface area (Å²) in [5.41, 5.74) is 2.74. The molecule has 2 heterocycles. The summed E-state index contributed by atoms with van der Waals surface area (Å²) in [6, 6.07) is 13.0. The number of ether oxygens (including phenoxy) is 1. The molecule has 1 aliphatic carbocycles. The van der Waals surface area contributed by atoms with Gasteiger partial charge in [0.25, 0.3) is 0 Å². The number of nitrogens with one attached hydrogen (secondary N) is 1. The number of anilines is 1. The van der Waals surface area contributed by atoms with Crippen molar-refractivity contribution in [3.8, 4) is 5.75 Å². The zero-order valence-electron chi connectivity index (χ0n) is 17.6. The number of benzene rings is 2. The molecular weight excluding hydrogens is 414 g/mol. The van der Waals surface area contributed by atoms with Crippen molar-refractivity contribution in [2.75, 3.05) is 25.0 Å². The number of fused-ring (bicyclic) bond motifs is 1. The maximum absolute atomic E-state index is 12.9. The smallest absolute Gasteiger partial charge is 0.240 e. The molecule has 1 saturated heterocycles. The number of likely N-dealkylation sites (tertiary alicyclic amines) is 1. The molecule has 2 aromatic carbocycles. The molecule has 0 bridgehead atoms. The zero-order valence-corrected chi connectivity index (χ0v) is 18.4. The Morgan fingerprint density at radius 2 is 1.87 bits per heavy atom. The van der Waals surface area contributed by atoms with E-state index in [1.165, 1.54) is 5.56 Å². The van der Waals surface area contributed by atoms with Crippen molar-refractivity contribution in [3.05, 3.63) is 53.6 Å². The summed E-state index contributed by atoms with van der Waals surface area (Å²) in [6.45, 7) is 2.30. The van der Waals surface area contributed by atoms with E-state index in [1.807, 2.05) is 12.1 Å². The van der Waals surface area contributed by atoms with Gasteiger partial charge in [0, 0.05) is 38.4 Å². The molecule has 8 heteroatoms. The fourth-order valence-electron chi connectivity index (χ4n) is 4.28. The number of carbonyl (C=O) groups is 1. The third-order valence-corrected chi connectivity index (χ3v) is 7.71. The van der Waals surface area contributed by atoms with Crippen LogP contribution in [0, 0.1) is 0 Å². The highest BCUT2D eigenvalue weighted by Gasteiger charge is 2.30. The fourth-order valence-corrected chi connectivity index (χ4v) is 5.60. The van der Waals surface area contributed by atoms with E-state index in [9.17, 15) is 13.2 Å². The van der Waals surface area contributed by atoms with E-state index in [1.54, 1.807) is 30.1 Å². The summed E-state index contributed by atoms with van der Waals surface area (Å²) in [5, 5.41) is 0. The van der Waals surface area contributed by atoms with Gasteiger partial charge in [-0.3, -0.25) is 9.69 Å². The largest absolute Gasteiger partial charge is 0.490 e. The molecule has 0 spiro atoms. The van der Waals surface area contributed by atoms with Gasteiger partial charge in [-0.05, 0) is 60.7 Å². The molecule has 2 aliphatic heterocycles. The van der Waals surface area contributed by atoms with Crippen molar-refractivity contribution in [1.82, 2.24) is 9.62 Å². The Labute approximate surface area is 183 Å². The second-order valence-corrected chi connectivity index (χ2v) is 10.4. The highest BCUT2D eigenvalue weighted by Crippen LogP contribution is 2.30. The van der Waals surface area contributed by atoms with Gasteiger partial charge >= 0.3 is 0 Å². The molecule has 7 nitrogen and oxygen atoms in total. The van der Waals surface area contributed by atoms with Gasteiger partial charge in [0.2, 0.25) is 15.9 Å². The number of hydrogen-bond acceptors (Lipinski definition) is 5. The van der Waals surface area contributed by atoms with Crippen LogP contribution in [0.1, 0.15) is 30.4 Å². The number of sulfonamides is 1. The topological polar surface area (TPSA) is 79.0 Å². The molecule has 1 amide bonds. The lowest BCUT2D eigenvalue weighted by Crippen LogP contribution is -2.37. The average molecular weight is 442 g/mol. The molecule has 0 unspecified atom stereocenters. The quantitative estimate of drug-likeness (QED) is 0.713. The summed E-state index contributed by atoms with van der Waals surface area (Å²) in [6.07, 6.45) is 3.71. The monoisotopic (exact) mass is 441 g/mol. The van der Waals surface area contributed by atoms with E-state index in [2.05, 4.69) is 21.8 Å². The van der Waals surface area contributed by atoms with Crippen molar-refractivity contribution in [1.29, 1.82) is 0 Å². The summed E-state index contributed by atoms with van der Waals surface area (Å²) < 4.78 is 34.5. The predicted octanol–water partition coefficient (Wildman–Crippen LogP) is 2.30. The maximum Gasteiger partial charge on any atom is 0.240 e. The number of nitrogens with zero attached hydrogens (tertiary/aromatic N) is 2. The second kappa shape index (κ2) is 7.93. The van der Waals surface area contributed by atoms with Crippen LogP contribution in [0.15, 0.2) is 47.4 Å². The number of rotatable bonds is 7. The Hall–Kier alpha value is -2.42. The molecule has 2 fully saturated rings. The zero-order chi connectivity index (χ0) is 21.6. The standard InChI is InChI=1S/C23H27N3O4S/c1-25-22-9-8-21(12-17(22)13-23(25)27)31(28,29)24-18-10-11-26(15-18)14-16-2-4-19(5-3-16)30-20-6-7-20/h2-5,8-9,12,18,20,24H,6-7,10-11,13-15H2,1H3/t18-/m1/s1. The van der Waals surface area contributed by atoms with E-state index in [4.69, 9.17) is 4.74 Å². The molecule has 3 aliphatic rings. The first-order valence-corrected chi connectivity index (χ1v) is 12.3. The number of carbonyl (C=O) groups excluding carboxylic acids is 1. The highest BCUT2D eigenvalue weighted by atomic mass is 32.2. The minimum atomic E-state index is -3.63. The summed E-state index contributed by atoms with van der Waals surface area (Å²) in [7, 11) is -1.92. The Morgan fingerprint density at radius 3 is 2.61 bits per heavy atom. The van der Waals surface area contributed by atoms with Gasteiger partial charge in [-0.15, -0.1) is 0 Å². The molecule has 164 valence electrons. The number of amides is 1. The molecule has 31 heavy (non-hydrogen) atoms. The second-order valence-electron chi connectivity index (χ2n) is 8.72. The van der Waals surface area contributed by atoms with E-state index < -0.39 is 10.0 Å².